The Morgan fingerprint density at radius 1 is 1.40 bits per heavy atom. The number of nitrogens with one attached hydrogen (secondary N) is 1. The average molecular weight is 277 g/mol. The van der Waals surface area contributed by atoms with Crippen molar-refractivity contribution in [3.05, 3.63) is 58.0 Å². The third kappa shape index (κ3) is 3.19. The van der Waals surface area contributed by atoms with Crippen LogP contribution in [0.1, 0.15) is 5.56 Å². The number of benzene rings is 1. The smallest absolute Gasteiger partial charge is 0.292 e. The maximum Gasteiger partial charge on any atom is 0.292 e. The zero-order valence-corrected chi connectivity index (χ0v) is 10.7. The minimum absolute atomic E-state index is 0.130. The van der Waals surface area contributed by atoms with Gasteiger partial charge < -0.3 is 10.1 Å². The third-order valence-corrected chi connectivity index (χ3v) is 2.65. The van der Waals surface area contributed by atoms with E-state index in [1.54, 1.807) is 18.3 Å². The van der Waals surface area contributed by atoms with Crippen LogP contribution in [0.4, 0.5) is 15.8 Å². The first-order chi connectivity index (χ1) is 9.60. The van der Waals surface area contributed by atoms with Gasteiger partial charge in [-0.25, -0.2) is 9.37 Å². The van der Waals surface area contributed by atoms with Crippen LogP contribution in [0.15, 0.2) is 36.5 Å². The lowest BCUT2D eigenvalue weighted by atomic mass is 10.2. The summed E-state index contributed by atoms with van der Waals surface area (Å²) in [6, 6.07) is 6.71. The van der Waals surface area contributed by atoms with Crippen molar-refractivity contribution in [2.75, 3.05) is 12.4 Å². The highest BCUT2D eigenvalue weighted by Crippen LogP contribution is 2.25. The number of rotatable bonds is 5. The summed E-state index contributed by atoms with van der Waals surface area (Å²) in [4.78, 5) is 14.3. The largest absolute Gasteiger partial charge is 0.481 e. The van der Waals surface area contributed by atoms with Gasteiger partial charge in [0.05, 0.1) is 12.0 Å². The second-order valence-electron chi connectivity index (χ2n) is 3.98. The van der Waals surface area contributed by atoms with E-state index >= 15 is 0 Å². The number of nitro groups is 1. The molecular formula is C13H12FN3O3. The van der Waals surface area contributed by atoms with E-state index in [0.29, 0.717) is 12.4 Å². The van der Waals surface area contributed by atoms with E-state index in [9.17, 15) is 14.5 Å². The van der Waals surface area contributed by atoms with Gasteiger partial charge in [0.15, 0.2) is 0 Å². The van der Waals surface area contributed by atoms with Crippen LogP contribution in [-0.4, -0.2) is 17.0 Å². The number of pyridine rings is 1. The number of ether oxygens (including phenoxy) is 1. The number of hydrogen-bond acceptors (Lipinski definition) is 5. The molecule has 7 heteroatoms. The zero-order chi connectivity index (χ0) is 14.5. The molecule has 1 aromatic carbocycles. The number of nitrogens with zero attached hydrogens (tertiary/aromatic N) is 2. The minimum Gasteiger partial charge on any atom is -0.481 e. The fraction of sp³-hybridized carbons (Fsp3) is 0.154. The molecule has 0 aliphatic carbocycles. The summed E-state index contributed by atoms with van der Waals surface area (Å²) < 4.78 is 18.1. The van der Waals surface area contributed by atoms with Crippen molar-refractivity contribution in [3.8, 4) is 5.88 Å². The van der Waals surface area contributed by atoms with Crippen LogP contribution < -0.4 is 10.1 Å². The Hall–Kier alpha value is -2.70. The summed E-state index contributed by atoms with van der Waals surface area (Å²) in [5.41, 5.74) is 0.772. The number of anilines is 1. The van der Waals surface area contributed by atoms with Crippen molar-refractivity contribution in [2.24, 2.45) is 0 Å². The normalized spacial score (nSPS) is 10.1. The second-order valence-corrected chi connectivity index (χ2v) is 3.98. The van der Waals surface area contributed by atoms with E-state index in [0.717, 1.165) is 23.8 Å². The van der Waals surface area contributed by atoms with E-state index in [1.165, 1.54) is 7.11 Å². The monoisotopic (exact) mass is 277 g/mol. The van der Waals surface area contributed by atoms with Crippen LogP contribution in [0.3, 0.4) is 0 Å². The molecule has 0 fully saturated rings. The summed E-state index contributed by atoms with van der Waals surface area (Å²) in [5.74, 6) is -0.0940. The Labute approximate surface area is 114 Å². The lowest BCUT2D eigenvalue weighted by Crippen LogP contribution is -2.03. The van der Waals surface area contributed by atoms with E-state index in [2.05, 4.69) is 10.3 Å². The summed E-state index contributed by atoms with van der Waals surface area (Å²) >= 11 is 0. The van der Waals surface area contributed by atoms with Crippen molar-refractivity contribution in [2.45, 2.75) is 6.54 Å². The first kappa shape index (κ1) is 13.7. The highest BCUT2D eigenvalue weighted by atomic mass is 19.1. The number of methoxy groups -OCH3 is 1. The van der Waals surface area contributed by atoms with Crippen molar-refractivity contribution in [3.63, 3.8) is 0 Å². The highest BCUT2D eigenvalue weighted by Gasteiger charge is 2.14. The fourth-order valence-corrected chi connectivity index (χ4v) is 1.68. The summed E-state index contributed by atoms with van der Waals surface area (Å²) in [6.07, 6.45) is 1.57. The number of nitro benzene ring substituents is 1. The molecule has 2 aromatic rings. The Morgan fingerprint density at radius 2 is 2.20 bits per heavy atom. The first-order valence-electron chi connectivity index (χ1n) is 5.77. The lowest BCUT2D eigenvalue weighted by Gasteiger charge is -2.08. The van der Waals surface area contributed by atoms with Gasteiger partial charge in [-0.1, -0.05) is 0 Å². The molecule has 1 N–H and O–H groups in total. The molecule has 6 nitrogen and oxygen atoms in total. The third-order valence-electron chi connectivity index (χ3n) is 2.65. The zero-order valence-electron chi connectivity index (χ0n) is 10.7. The molecule has 0 saturated heterocycles. The molecule has 0 saturated carbocycles. The molecule has 20 heavy (non-hydrogen) atoms. The molecular weight excluding hydrogens is 265 g/mol. The molecule has 0 bridgehead atoms. The maximum atomic E-state index is 13.2. The van der Waals surface area contributed by atoms with Crippen LogP contribution >= 0.6 is 0 Å². The van der Waals surface area contributed by atoms with Crippen LogP contribution in [-0.2, 0) is 6.54 Å². The van der Waals surface area contributed by atoms with Gasteiger partial charge in [-0.3, -0.25) is 10.1 Å². The Bertz CT molecular complexity index is 634. The molecule has 1 heterocycles. The number of halogens is 1. The Morgan fingerprint density at radius 3 is 2.90 bits per heavy atom. The molecule has 0 aliphatic heterocycles. The molecule has 0 spiro atoms. The highest BCUT2D eigenvalue weighted by molar-refractivity contribution is 5.61. The van der Waals surface area contributed by atoms with E-state index in [1.807, 2.05) is 0 Å². The maximum absolute atomic E-state index is 13.2. The van der Waals surface area contributed by atoms with Gasteiger partial charge in [-0.05, 0) is 17.7 Å². The summed E-state index contributed by atoms with van der Waals surface area (Å²) in [6.45, 7) is 0.295. The minimum atomic E-state index is -0.561. The SMILES string of the molecule is COc1cc(CNc2cc(F)ccc2[N+](=O)[O-])ccn1. The topological polar surface area (TPSA) is 77.3 Å². The van der Waals surface area contributed by atoms with Crippen LogP contribution in [0.5, 0.6) is 5.88 Å². The van der Waals surface area contributed by atoms with E-state index < -0.39 is 10.7 Å². The molecule has 0 amide bonds. The molecule has 2 rings (SSSR count). The molecule has 0 radical (unpaired) electrons. The quantitative estimate of drug-likeness (QED) is 0.671. The first-order valence-corrected chi connectivity index (χ1v) is 5.77. The van der Waals surface area contributed by atoms with Gasteiger partial charge in [0.25, 0.3) is 5.69 Å². The second kappa shape index (κ2) is 5.96. The van der Waals surface area contributed by atoms with Crippen molar-refractivity contribution in [1.82, 2.24) is 4.98 Å². The van der Waals surface area contributed by atoms with Crippen molar-refractivity contribution < 1.29 is 14.1 Å². The Balaban J connectivity index is 2.17. The lowest BCUT2D eigenvalue weighted by molar-refractivity contribution is -0.384. The van der Waals surface area contributed by atoms with E-state index in [4.69, 9.17) is 4.74 Å². The van der Waals surface area contributed by atoms with Gasteiger partial charge in [-0.2, -0.15) is 0 Å². The molecule has 0 aliphatic rings. The van der Waals surface area contributed by atoms with Crippen molar-refractivity contribution in [1.29, 1.82) is 0 Å². The van der Waals surface area contributed by atoms with Crippen LogP contribution in [0, 0.1) is 15.9 Å². The van der Waals surface area contributed by atoms with Gasteiger partial charge >= 0.3 is 0 Å². The number of hydrogen-bond donors (Lipinski definition) is 1. The van der Waals surface area contributed by atoms with Gasteiger partial charge in [0.1, 0.15) is 11.5 Å². The standard InChI is InChI=1S/C13H12FN3O3/c1-20-13-6-9(4-5-15-13)8-16-11-7-10(14)2-3-12(11)17(18)19/h2-7,16H,8H2,1H3. The van der Waals surface area contributed by atoms with Gasteiger partial charge in [0, 0.05) is 30.9 Å². The molecule has 0 atom stereocenters. The molecule has 0 unspecified atom stereocenters. The molecule has 1 aromatic heterocycles. The Kier molecular flexibility index (Phi) is 4.09. The predicted molar refractivity (Wildman–Crippen MR) is 71.2 cm³/mol. The molecule has 104 valence electrons. The fourth-order valence-electron chi connectivity index (χ4n) is 1.68. The van der Waals surface area contributed by atoms with Crippen molar-refractivity contribution >= 4 is 11.4 Å². The number of aromatic nitrogens is 1. The summed E-state index contributed by atoms with van der Waals surface area (Å²) in [7, 11) is 1.50. The van der Waals surface area contributed by atoms with E-state index in [-0.39, 0.29) is 11.4 Å². The predicted octanol–water partition coefficient (Wildman–Crippen LogP) is 2.75. The van der Waals surface area contributed by atoms with Gasteiger partial charge in [-0.15, -0.1) is 0 Å². The summed E-state index contributed by atoms with van der Waals surface area (Å²) in [5, 5.41) is 13.7. The average Bonchev–Trinajstić information content (AvgIpc) is 2.45. The van der Waals surface area contributed by atoms with Crippen LogP contribution in [0.25, 0.3) is 0 Å². The van der Waals surface area contributed by atoms with Crippen LogP contribution in [0.2, 0.25) is 0 Å². The van der Waals surface area contributed by atoms with Gasteiger partial charge in [0.2, 0.25) is 5.88 Å².